The third kappa shape index (κ3) is 5.97. The van der Waals surface area contributed by atoms with Crippen molar-refractivity contribution in [1.82, 2.24) is 10.3 Å². The molecule has 1 aromatic carbocycles. The van der Waals surface area contributed by atoms with Gasteiger partial charge in [0.25, 0.3) is 0 Å². The summed E-state index contributed by atoms with van der Waals surface area (Å²) in [6.07, 6.45) is 3.65. The summed E-state index contributed by atoms with van der Waals surface area (Å²) in [5, 5.41) is 2.71. The molecular formula is C20H26N4O2. The fourth-order valence-corrected chi connectivity index (χ4v) is 2.64. The van der Waals surface area contributed by atoms with Crippen LogP contribution in [0.1, 0.15) is 30.9 Å². The highest BCUT2D eigenvalue weighted by Crippen LogP contribution is 2.10. The molecule has 6 nitrogen and oxygen atoms in total. The Labute approximate surface area is 154 Å². The number of hydrogen-bond acceptors (Lipinski definition) is 5. The van der Waals surface area contributed by atoms with Gasteiger partial charge in [0.2, 0.25) is 5.91 Å². The first-order valence-corrected chi connectivity index (χ1v) is 8.79. The molecule has 26 heavy (non-hydrogen) atoms. The number of benzene rings is 1. The third-order valence-corrected chi connectivity index (χ3v) is 4.33. The predicted octanol–water partition coefficient (Wildman–Crippen LogP) is 1.63. The highest BCUT2D eigenvalue weighted by Gasteiger charge is 2.20. The number of hydrogen-bond donors (Lipinski definition) is 3. The zero-order valence-electron chi connectivity index (χ0n) is 15.0. The number of anilines is 1. The van der Waals surface area contributed by atoms with Gasteiger partial charge in [0.15, 0.2) is 5.78 Å². The summed E-state index contributed by atoms with van der Waals surface area (Å²) in [4.78, 5) is 28.4. The van der Waals surface area contributed by atoms with Gasteiger partial charge >= 0.3 is 0 Å². The Balaban J connectivity index is 1.76. The molecule has 2 rings (SSSR count). The lowest BCUT2D eigenvalue weighted by Crippen LogP contribution is -2.47. The monoisotopic (exact) mass is 354 g/mol. The summed E-state index contributed by atoms with van der Waals surface area (Å²) in [5.74, 6) is 0.0689. The summed E-state index contributed by atoms with van der Waals surface area (Å²) in [6, 6.07) is 12.3. The molecule has 1 heterocycles. The van der Waals surface area contributed by atoms with Crippen LogP contribution >= 0.6 is 0 Å². The molecule has 1 aromatic heterocycles. The van der Waals surface area contributed by atoms with Crippen LogP contribution in [-0.2, 0) is 22.4 Å². The average molecular weight is 354 g/mol. The fourth-order valence-electron chi connectivity index (χ4n) is 2.64. The molecular weight excluding hydrogens is 328 g/mol. The summed E-state index contributed by atoms with van der Waals surface area (Å²) in [5.41, 5.74) is 13.7. The van der Waals surface area contributed by atoms with Gasteiger partial charge in [-0.25, -0.2) is 4.98 Å². The molecule has 0 saturated carbocycles. The lowest BCUT2D eigenvalue weighted by atomic mass is 10.0. The molecule has 0 radical (unpaired) electrons. The van der Waals surface area contributed by atoms with Crippen molar-refractivity contribution in [3.8, 4) is 0 Å². The van der Waals surface area contributed by atoms with Crippen LogP contribution in [0.2, 0.25) is 0 Å². The van der Waals surface area contributed by atoms with Gasteiger partial charge in [-0.15, -0.1) is 0 Å². The number of Topliss-reactive ketones (excluding diaryl/α,β-unsaturated/α-hetero) is 1. The van der Waals surface area contributed by atoms with Crippen molar-refractivity contribution in [3.05, 3.63) is 59.8 Å². The molecule has 0 aliphatic rings. The molecule has 6 heteroatoms. The second kappa shape index (κ2) is 9.68. The van der Waals surface area contributed by atoms with E-state index < -0.39 is 12.1 Å². The molecule has 138 valence electrons. The number of aryl methyl sites for hydroxylation is 2. The minimum absolute atomic E-state index is 0.0585. The maximum atomic E-state index is 12.2. The first kappa shape index (κ1) is 19.6. The molecule has 0 saturated heterocycles. The minimum Gasteiger partial charge on any atom is -0.383 e. The van der Waals surface area contributed by atoms with Gasteiger partial charge in [0.1, 0.15) is 5.82 Å². The van der Waals surface area contributed by atoms with E-state index in [2.05, 4.69) is 10.3 Å². The molecule has 0 bridgehead atoms. The Kier molecular flexibility index (Phi) is 7.29. The molecule has 2 atom stereocenters. The van der Waals surface area contributed by atoms with Crippen molar-refractivity contribution in [1.29, 1.82) is 0 Å². The minimum atomic E-state index is -0.639. The van der Waals surface area contributed by atoms with Gasteiger partial charge in [0.05, 0.1) is 12.1 Å². The Morgan fingerprint density at radius 3 is 2.54 bits per heavy atom. The smallest absolute Gasteiger partial charge is 0.237 e. The zero-order valence-corrected chi connectivity index (χ0v) is 15.0. The van der Waals surface area contributed by atoms with Crippen LogP contribution < -0.4 is 16.8 Å². The second-order valence-corrected chi connectivity index (χ2v) is 6.38. The summed E-state index contributed by atoms with van der Waals surface area (Å²) >= 11 is 0. The number of nitrogen functional groups attached to an aromatic ring is 1. The van der Waals surface area contributed by atoms with Gasteiger partial charge in [-0.2, -0.15) is 0 Å². The molecule has 0 spiro atoms. The van der Waals surface area contributed by atoms with Gasteiger partial charge in [0, 0.05) is 12.6 Å². The van der Waals surface area contributed by atoms with Crippen LogP contribution in [0.4, 0.5) is 5.82 Å². The molecule has 0 unspecified atom stereocenters. The van der Waals surface area contributed by atoms with E-state index in [4.69, 9.17) is 11.5 Å². The Hall–Kier alpha value is -2.73. The van der Waals surface area contributed by atoms with E-state index >= 15 is 0 Å². The van der Waals surface area contributed by atoms with E-state index in [0.29, 0.717) is 18.7 Å². The van der Waals surface area contributed by atoms with Crippen LogP contribution in [0.5, 0.6) is 0 Å². The van der Waals surface area contributed by atoms with E-state index in [9.17, 15) is 9.59 Å². The van der Waals surface area contributed by atoms with Crippen molar-refractivity contribution >= 4 is 17.5 Å². The van der Waals surface area contributed by atoms with Crippen LogP contribution in [0, 0.1) is 0 Å². The lowest BCUT2D eigenvalue weighted by Gasteiger charge is -2.17. The summed E-state index contributed by atoms with van der Waals surface area (Å²) in [7, 11) is 0. The highest BCUT2D eigenvalue weighted by atomic mass is 16.2. The maximum absolute atomic E-state index is 12.2. The Morgan fingerprint density at radius 1 is 1.12 bits per heavy atom. The van der Waals surface area contributed by atoms with Gasteiger partial charge in [-0.1, -0.05) is 36.4 Å². The SMILES string of the molecule is C[C@H](NC(=O)[C@H](N)CCc1ccccc1)C(=O)CCc1cccnc1N. The Morgan fingerprint density at radius 2 is 1.85 bits per heavy atom. The number of nitrogens with one attached hydrogen (secondary N) is 1. The zero-order chi connectivity index (χ0) is 18.9. The normalized spacial score (nSPS) is 13.0. The van der Waals surface area contributed by atoms with Crippen molar-refractivity contribution < 1.29 is 9.59 Å². The average Bonchev–Trinajstić information content (AvgIpc) is 2.65. The first-order valence-electron chi connectivity index (χ1n) is 8.79. The van der Waals surface area contributed by atoms with E-state index in [-0.39, 0.29) is 18.1 Å². The topological polar surface area (TPSA) is 111 Å². The molecule has 0 fully saturated rings. The van der Waals surface area contributed by atoms with E-state index in [0.717, 1.165) is 17.5 Å². The number of amides is 1. The number of rotatable bonds is 9. The van der Waals surface area contributed by atoms with E-state index in [1.165, 1.54) is 0 Å². The van der Waals surface area contributed by atoms with E-state index in [1.54, 1.807) is 19.2 Å². The highest BCUT2D eigenvalue weighted by molar-refractivity contribution is 5.90. The van der Waals surface area contributed by atoms with Crippen LogP contribution in [0.3, 0.4) is 0 Å². The lowest BCUT2D eigenvalue weighted by molar-refractivity contribution is -0.128. The summed E-state index contributed by atoms with van der Waals surface area (Å²) in [6.45, 7) is 1.68. The van der Waals surface area contributed by atoms with Crippen LogP contribution in [0.15, 0.2) is 48.7 Å². The Bertz CT molecular complexity index is 734. The second-order valence-electron chi connectivity index (χ2n) is 6.38. The number of nitrogens with two attached hydrogens (primary N) is 2. The standard InChI is InChI=1S/C20H26N4O2/c1-14(18(25)12-10-16-8-5-13-23-19(16)22)24-20(26)17(21)11-9-15-6-3-2-4-7-15/h2-8,13-14,17H,9-12,21H2,1H3,(H2,22,23)(H,24,26)/t14-,17+/m0/s1. The predicted molar refractivity (Wildman–Crippen MR) is 102 cm³/mol. The maximum Gasteiger partial charge on any atom is 0.237 e. The van der Waals surface area contributed by atoms with Crippen molar-refractivity contribution in [2.75, 3.05) is 5.73 Å². The number of carbonyl (C=O) groups is 2. The largest absolute Gasteiger partial charge is 0.383 e. The number of pyridine rings is 1. The van der Waals surface area contributed by atoms with Crippen LogP contribution in [-0.4, -0.2) is 28.8 Å². The molecule has 1 amide bonds. The first-order chi connectivity index (χ1) is 12.5. The number of nitrogens with zero attached hydrogens (tertiary/aromatic N) is 1. The molecule has 0 aliphatic carbocycles. The van der Waals surface area contributed by atoms with Gasteiger partial charge in [-0.05, 0) is 43.4 Å². The van der Waals surface area contributed by atoms with E-state index in [1.807, 2.05) is 36.4 Å². The van der Waals surface area contributed by atoms with Crippen molar-refractivity contribution in [2.45, 2.75) is 44.7 Å². The molecule has 5 N–H and O–H groups in total. The number of carbonyl (C=O) groups excluding carboxylic acids is 2. The van der Waals surface area contributed by atoms with Crippen LogP contribution in [0.25, 0.3) is 0 Å². The molecule has 0 aliphatic heterocycles. The molecule has 2 aromatic rings. The van der Waals surface area contributed by atoms with Gasteiger partial charge in [-0.3, -0.25) is 9.59 Å². The van der Waals surface area contributed by atoms with Crippen molar-refractivity contribution in [3.63, 3.8) is 0 Å². The summed E-state index contributed by atoms with van der Waals surface area (Å²) < 4.78 is 0. The van der Waals surface area contributed by atoms with Gasteiger partial charge < -0.3 is 16.8 Å². The number of aromatic nitrogens is 1. The number of ketones is 1. The van der Waals surface area contributed by atoms with Crippen molar-refractivity contribution in [2.24, 2.45) is 5.73 Å². The third-order valence-electron chi connectivity index (χ3n) is 4.33. The fraction of sp³-hybridized carbons (Fsp3) is 0.350. The quantitative estimate of drug-likeness (QED) is 0.634.